The molecule has 0 radical (unpaired) electrons. The summed E-state index contributed by atoms with van der Waals surface area (Å²) >= 11 is 0. The van der Waals surface area contributed by atoms with Gasteiger partial charge in [0, 0.05) is 13.1 Å². The quantitative estimate of drug-likeness (QED) is 0.834. The number of carbonyl (C=O) groups is 1. The van der Waals surface area contributed by atoms with Gasteiger partial charge < -0.3 is 10.6 Å². The van der Waals surface area contributed by atoms with E-state index in [0.717, 1.165) is 25.2 Å². The van der Waals surface area contributed by atoms with Crippen molar-refractivity contribution in [3.63, 3.8) is 0 Å². The molecule has 6 nitrogen and oxygen atoms in total. The fraction of sp³-hybridized carbons (Fsp3) is 0.267. The van der Waals surface area contributed by atoms with Crippen LogP contribution >= 0.6 is 12.4 Å². The van der Waals surface area contributed by atoms with E-state index < -0.39 is 0 Å². The number of aromatic nitrogens is 3. The van der Waals surface area contributed by atoms with Crippen LogP contribution in [0.25, 0.3) is 5.69 Å². The summed E-state index contributed by atoms with van der Waals surface area (Å²) in [5, 5.41) is 14.5. The van der Waals surface area contributed by atoms with Gasteiger partial charge in [0.2, 0.25) is 0 Å². The van der Waals surface area contributed by atoms with Gasteiger partial charge in [-0.3, -0.25) is 4.79 Å². The highest BCUT2D eigenvalue weighted by Gasteiger charge is 2.12. The Bertz CT molecular complexity index is 653. The SMILES string of the molecule is Cl.O=C(NCC1=CCNCC1)c1cnn(-c2ccccc2)n1. The van der Waals surface area contributed by atoms with Crippen LogP contribution in [0.1, 0.15) is 16.9 Å². The van der Waals surface area contributed by atoms with Gasteiger partial charge in [0.05, 0.1) is 11.9 Å². The van der Waals surface area contributed by atoms with Gasteiger partial charge in [0.15, 0.2) is 5.69 Å². The van der Waals surface area contributed by atoms with E-state index in [9.17, 15) is 4.79 Å². The highest BCUT2D eigenvalue weighted by molar-refractivity contribution is 5.92. The van der Waals surface area contributed by atoms with Crippen molar-refractivity contribution in [3.05, 3.63) is 53.9 Å². The molecule has 0 spiro atoms. The van der Waals surface area contributed by atoms with Gasteiger partial charge in [-0.25, -0.2) is 0 Å². The molecule has 116 valence electrons. The summed E-state index contributed by atoms with van der Waals surface area (Å²) in [7, 11) is 0. The lowest BCUT2D eigenvalue weighted by Crippen LogP contribution is -2.29. The van der Waals surface area contributed by atoms with Crippen molar-refractivity contribution in [3.8, 4) is 5.69 Å². The number of halogens is 1. The molecule has 0 atom stereocenters. The summed E-state index contributed by atoms with van der Waals surface area (Å²) in [6, 6.07) is 9.51. The fourth-order valence-corrected chi connectivity index (χ4v) is 2.17. The Kier molecular flexibility index (Phi) is 5.68. The molecule has 1 aliphatic heterocycles. The molecule has 22 heavy (non-hydrogen) atoms. The lowest BCUT2D eigenvalue weighted by atomic mass is 10.1. The van der Waals surface area contributed by atoms with Crippen LogP contribution in [0.2, 0.25) is 0 Å². The Morgan fingerprint density at radius 2 is 2.14 bits per heavy atom. The third-order valence-electron chi connectivity index (χ3n) is 3.35. The van der Waals surface area contributed by atoms with Gasteiger partial charge >= 0.3 is 0 Å². The average Bonchev–Trinajstić information content (AvgIpc) is 3.04. The molecule has 1 aliphatic rings. The first-order valence-corrected chi connectivity index (χ1v) is 6.97. The molecular weight excluding hydrogens is 302 g/mol. The fourth-order valence-electron chi connectivity index (χ4n) is 2.17. The molecule has 0 fully saturated rings. The van der Waals surface area contributed by atoms with E-state index in [2.05, 4.69) is 26.9 Å². The van der Waals surface area contributed by atoms with Crippen molar-refractivity contribution in [1.82, 2.24) is 25.6 Å². The zero-order valence-corrected chi connectivity index (χ0v) is 12.8. The summed E-state index contributed by atoms with van der Waals surface area (Å²) < 4.78 is 0. The molecular formula is C15H18ClN5O. The lowest BCUT2D eigenvalue weighted by Gasteiger charge is -2.13. The average molecular weight is 320 g/mol. The molecule has 1 amide bonds. The number of benzene rings is 1. The first-order valence-electron chi connectivity index (χ1n) is 6.97. The Hall–Kier alpha value is -2.18. The standard InChI is InChI=1S/C15H17N5O.ClH/c21-15(17-10-12-6-8-16-9-7-12)14-11-18-20(19-14)13-4-2-1-3-5-13;/h1-6,11,16H,7-10H2,(H,17,21);1H. The molecule has 0 bridgehead atoms. The molecule has 1 aromatic heterocycles. The van der Waals surface area contributed by atoms with Crippen molar-refractivity contribution in [2.45, 2.75) is 6.42 Å². The third kappa shape index (κ3) is 3.93. The first-order chi connectivity index (χ1) is 10.3. The summed E-state index contributed by atoms with van der Waals surface area (Å²) in [5.74, 6) is -0.198. The molecule has 0 unspecified atom stereocenters. The number of para-hydroxylation sites is 1. The van der Waals surface area contributed by atoms with Crippen LogP contribution in [0, 0.1) is 0 Å². The van der Waals surface area contributed by atoms with Gasteiger partial charge in [-0.15, -0.1) is 17.5 Å². The number of nitrogens with one attached hydrogen (secondary N) is 2. The number of carbonyl (C=O) groups excluding carboxylic acids is 1. The van der Waals surface area contributed by atoms with Crippen LogP contribution in [0.3, 0.4) is 0 Å². The van der Waals surface area contributed by atoms with E-state index in [4.69, 9.17) is 0 Å². The molecule has 0 aliphatic carbocycles. The van der Waals surface area contributed by atoms with Crippen molar-refractivity contribution in [1.29, 1.82) is 0 Å². The van der Waals surface area contributed by atoms with Gasteiger partial charge in [-0.05, 0) is 25.1 Å². The second kappa shape index (κ2) is 7.72. The van der Waals surface area contributed by atoms with E-state index in [1.165, 1.54) is 16.6 Å². The van der Waals surface area contributed by atoms with Crippen molar-refractivity contribution in [2.75, 3.05) is 19.6 Å². The lowest BCUT2D eigenvalue weighted by molar-refractivity contribution is 0.0951. The molecule has 0 saturated carbocycles. The van der Waals surface area contributed by atoms with Crippen LogP contribution in [-0.2, 0) is 0 Å². The molecule has 2 N–H and O–H groups in total. The zero-order valence-electron chi connectivity index (χ0n) is 12.0. The highest BCUT2D eigenvalue weighted by Crippen LogP contribution is 2.05. The van der Waals surface area contributed by atoms with Gasteiger partial charge in [0.1, 0.15) is 0 Å². The normalized spacial score (nSPS) is 13.9. The van der Waals surface area contributed by atoms with Gasteiger partial charge in [0.25, 0.3) is 5.91 Å². The van der Waals surface area contributed by atoms with Gasteiger partial charge in [-0.1, -0.05) is 29.8 Å². The number of rotatable bonds is 4. The molecule has 3 rings (SSSR count). The molecule has 2 aromatic rings. The minimum Gasteiger partial charge on any atom is -0.347 e. The Balaban J connectivity index is 0.00000176. The van der Waals surface area contributed by atoms with Crippen LogP contribution in [0.5, 0.6) is 0 Å². The van der Waals surface area contributed by atoms with Crippen molar-refractivity contribution >= 4 is 18.3 Å². The van der Waals surface area contributed by atoms with E-state index in [1.807, 2.05) is 30.3 Å². The maximum atomic E-state index is 12.1. The summed E-state index contributed by atoms with van der Waals surface area (Å²) in [5.41, 5.74) is 2.41. The Labute approximate surface area is 135 Å². The smallest absolute Gasteiger partial charge is 0.273 e. The van der Waals surface area contributed by atoms with Crippen LogP contribution < -0.4 is 10.6 Å². The molecule has 0 saturated heterocycles. The van der Waals surface area contributed by atoms with E-state index in [1.54, 1.807) is 0 Å². The molecule has 1 aromatic carbocycles. The predicted molar refractivity (Wildman–Crippen MR) is 86.5 cm³/mol. The zero-order chi connectivity index (χ0) is 14.5. The number of amides is 1. The van der Waals surface area contributed by atoms with Crippen LogP contribution in [0.15, 0.2) is 48.2 Å². The third-order valence-corrected chi connectivity index (χ3v) is 3.35. The monoisotopic (exact) mass is 319 g/mol. The summed E-state index contributed by atoms with van der Waals surface area (Å²) in [4.78, 5) is 13.5. The van der Waals surface area contributed by atoms with Gasteiger partial charge in [-0.2, -0.15) is 9.90 Å². The summed E-state index contributed by atoms with van der Waals surface area (Å²) in [6.45, 7) is 2.40. The Morgan fingerprint density at radius 3 is 2.86 bits per heavy atom. The van der Waals surface area contributed by atoms with E-state index in [-0.39, 0.29) is 18.3 Å². The maximum Gasteiger partial charge on any atom is 0.273 e. The second-order valence-electron chi connectivity index (χ2n) is 4.85. The maximum absolute atomic E-state index is 12.1. The summed E-state index contributed by atoms with van der Waals surface area (Å²) in [6.07, 6.45) is 4.57. The van der Waals surface area contributed by atoms with Crippen LogP contribution in [-0.4, -0.2) is 40.5 Å². The van der Waals surface area contributed by atoms with Crippen LogP contribution in [0.4, 0.5) is 0 Å². The highest BCUT2D eigenvalue weighted by atomic mass is 35.5. The molecule has 7 heteroatoms. The molecule has 2 heterocycles. The number of hydrogen-bond donors (Lipinski definition) is 2. The minimum atomic E-state index is -0.198. The number of nitrogens with zero attached hydrogens (tertiary/aromatic N) is 3. The van der Waals surface area contributed by atoms with Crippen molar-refractivity contribution in [2.24, 2.45) is 0 Å². The minimum absolute atomic E-state index is 0. The van der Waals surface area contributed by atoms with E-state index in [0.29, 0.717) is 12.2 Å². The van der Waals surface area contributed by atoms with E-state index >= 15 is 0 Å². The number of hydrogen-bond acceptors (Lipinski definition) is 4. The second-order valence-corrected chi connectivity index (χ2v) is 4.85. The topological polar surface area (TPSA) is 71.8 Å². The van der Waals surface area contributed by atoms with Crippen molar-refractivity contribution < 1.29 is 4.79 Å². The largest absolute Gasteiger partial charge is 0.347 e. The first kappa shape index (κ1) is 16.2. The predicted octanol–water partition coefficient (Wildman–Crippen LogP) is 1.34. The Morgan fingerprint density at radius 1 is 1.32 bits per heavy atom.